The molecule has 2 rings (SSSR count). The average Bonchev–Trinajstić information content (AvgIpc) is 2.40. The van der Waals surface area contributed by atoms with Crippen LogP contribution < -0.4 is 0 Å². The lowest BCUT2D eigenvalue weighted by Gasteiger charge is -2.11. The van der Waals surface area contributed by atoms with E-state index in [1.165, 1.54) is 0 Å². The Kier molecular flexibility index (Phi) is 5.31. The van der Waals surface area contributed by atoms with E-state index < -0.39 is 0 Å². The van der Waals surface area contributed by atoms with Gasteiger partial charge in [0.05, 0.1) is 5.69 Å². The smallest absolute Gasteiger partial charge is 0.101 e. The largest absolute Gasteiger partial charge is 0.306 e. The Hall–Kier alpha value is -0.970. The Balaban J connectivity index is 1.99. The minimum Gasteiger partial charge on any atom is -0.306 e. The van der Waals surface area contributed by atoms with Gasteiger partial charge in [-0.3, -0.25) is 0 Å². The first-order valence-electron chi connectivity index (χ1n) is 5.60. The average molecular weight is 356 g/mol. The van der Waals surface area contributed by atoms with E-state index in [-0.39, 0.29) is 0 Å². The summed E-state index contributed by atoms with van der Waals surface area (Å²) >= 11 is 10.9. The molecule has 0 saturated heterocycles. The molecule has 0 fully saturated rings. The highest BCUT2D eigenvalue weighted by Gasteiger charge is 1.99. The Morgan fingerprint density at radius 2 is 1.84 bits per heavy atom. The van der Waals surface area contributed by atoms with E-state index in [0.717, 1.165) is 20.1 Å². The Labute approximate surface area is 130 Å². The van der Waals surface area contributed by atoms with Crippen molar-refractivity contribution in [1.82, 2.24) is 4.31 Å². The Morgan fingerprint density at radius 3 is 2.53 bits per heavy atom. The molecule has 0 atom stereocenters. The van der Waals surface area contributed by atoms with E-state index in [9.17, 15) is 0 Å². The maximum absolute atomic E-state index is 5.85. The van der Waals surface area contributed by atoms with Crippen LogP contribution in [0.25, 0.3) is 0 Å². The van der Waals surface area contributed by atoms with Gasteiger partial charge in [-0.15, -0.1) is 0 Å². The molecule has 0 N–H and O–H groups in total. The van der Waals surface area contributed by atoms with E-state index >= 15 is 0 Å². The number of para-hydroxylation sites is 1. The van der Waals surface area contributed by atoms with Gasteiger partial charge in [-0.25, -0.2) is 4.99 Å². The highest BCUT2D eigenvalue weighted by atomic mass is 79.9. The van der Waals surface area contributed by atoms with Crippen LogP contribution in [0.3, 0.4) is 0 Å². The van der Waals surface area contributed by atoms with Crippen molar-refractivity contribution in [1.29, 1.82) is 0 Å². The van der Waals surface area contributed by atoms with Crippen LogP contribution in [0.5, 0.6) is 0 Å². The quantitative estimate of drug-likeness (QED) is 0.414. The summed E-state index contributed by atoms with van der Waals surface area (Å²) in [6, 6.07) is 15.6. The number of hydrogen-bond donors (Lipinski definition) is 0. The van der Waals surface area contributed by atoms with E-state index in [4.69, 9.17) is 11.6 Å². The fourth-order valence-electron chi connectivity index (χ4n) is 1.39. The lowest BCUT2D eigenvalue weighted by atomic mass is 10.3. The van der Waals surface area contributed by atoms with Crippen molar-refractivity contribution in [2.45, 2.75) is 4.90 Å². The third-order valence-electron chi connectivity index (χ3n) is 2.27. The maximum atomic E-state index is 5.85. The first-order valence-corrected chi connectivity index (χ1v) is 7.54. The standard InChI is InChI=1S/C14H12BrClN2S/c1-18(19-12-8-6-11(16)7-9-12)10-17-14-5-3-2-4-13(14)15/h2-10H,1H3. The van der Waals surface area contributed by atoms with Gasteiger partial charge in [0.15, 0.2) is 0 Å². The molecule has 5 heteroatoms. The minimum atomic E-state index is 0.744. The van der Waals surface area contributed by atoms with Crippen LogP contribution in [0.1, 0.15) is 0 Å². The normalized spacial score (nSPS) is 10.9. The molecule has 19 heavy (non-hydrogen) atoms. The van der Waals surface area contributed by atoms with Gasteiger partial charge in [0, 0.05) is 21.4 Å². The van der Waals surface area contributed by atoms with E-state index in [1.54, 1.807) is 18.3 Å². The van der Waals surface area contributed by atoms with Crippen molar-refractivity contribution in [3.63, 3.8) is 0 Å². The zero-order chi connectivity index (χ0) is 13.7. The SMILES string of the molecule is CN(C=Nc1ccccc1Br)Sc1ccc(Cl)cc1. The molecular weight excluding hydrogens is 344 g/mol. The second-order valence-electron chi connectivity index (χ2n) is 3.79. The number of hydrogen-bond acceptors (Lipinski definition) is 2. The molecule has 0 aliphatic heterocycles. The van der Waals surface area contributed by atoms with Crippen molar-refractivity contribution in [3.8, 4) is 0 Å². The molecule has 98 valence electrons. The number of aliphatic imine (C=N–C) groups is 1. The van der Waals surface area contributed by atoms with Gasteiger partial charge >= 0.3 is 0 Å². The highest BCUT2D eigenvalue weighted by molar-refractivity contribution is 9.10. The molecule has 0 aliphatic carbocycles. The lowest BCUT2D eigenvalue weighted by Crippen LogP contribution is -2.04. The van der Waals surface area contributed by atoms with Crippen molar-refractivity contribution >= 4 is 51.5 Å². The van der Waals surface area contributed by atoms with Crippen LogP contribution in [-0.4, -0.2) is 17.7 Å². The molecule has 0 bridgehead atoms. The highest BCUT2D eigenvalue weighted by Crippen LogP contribution is 2.25. The van der Waals surface area contributed by atoms with Crippen LogP contribution in [-0.2, 0) is 0 Å². The van der Waals surface area contributed by atoms with Gasteiger partial charge in [-0.1, -0.05) is 23.7 Å². The second kappa shape index (κ2) is 6.98. The third-order valence-corrected chi connectivity index (χ3v) is 4.06. The number of halogens is 2. The predicted molar refractivity (Wildman–Crippen MR) is 87.4 cm³/mol. The van der Waals surface area contributed by atoms with Crippen LogP contribution in [0, 0.1) is 0 Å². The van der Waals surface area contributed by atoms with Crippen molar-refractivity contribution in [3.05, 3.63) is 58.0 Å². The molecular formula is C14H12BrClN2S. The van der Waals surface area contributed by atoms with E-state index in [2.05, 4.69) is 20.9 Å². The molecule has 2 aromatic carbocycles. The van der Waals surface area contributed by atoms with Crippen LogP contribution in [0.2, 0.25) is 5.02 Å². The summed E-state index contributed by atoms with van der Waals surface area (Å²) in [6.07, 6.45) is 1.79. The summed E-state index contributed by atoms with van der Waals surface area (Å²) in [7, 11) is 1.96. The molecule has 0 unspecified atom stereocenters. The number of rotatable bonds is 4. The predicted octanol–water partition coefficient (Wildman–Crippen LogP) is 5.40. The van der Waals surface area contributed by atoms with Gasteiger partial charge in [0.2, 0.25) is 0 Å². The zero-order valence-corrected chi connectivity index (χ0v) is 13.4. The van der Waals surface area contributed by atoms with E-state index in [0.29, 0.717) is 0 Å². The van der Waals surface area contributed by atoms with E-state index in [1.807, 2.05) is 59.9 Å². The Bertz CT molecular complexity index is 572. The van der Waals surface area contributed by atoms with Crippen LogP contribution in [0.15, 0.2) is 62.9 Å². The molecule has 2 nitrogen and oxygen atoms in total. The molecule has 0 heterocycles. The summed E-state index contributed by atoms with van der Waals surface area (Å²) in [5.74, 6) is 0. The van der Waals surface area contributed by atoms with Gasteiger partial charge in [0.1, 0.15) is 6.34 Å². The fourth-order valence-corrected chi connectivity index (χ4v) is 2.58. The van der Waals surface area contributed by atoms with Crippen molar-refractivity contribution < 1.29 is 0 Å². The van der Waals surface area contributed by atoms with Gasteiger partial charge < -0.3 is 4.31 Å². The lowest BCUT2D eigenvalue weighted by molar-refractivity contribution is 0.869. The van der Waals surface area contributed by atoms with Crippen molar-refractivity contribution in [2.75, 3.05) is 7.05 Å². The summed E-state index contributed by atoms with van der Waals surface area (Å²) in [4.78, 5) is 5.54. The summed E-state index contributed by atoms with van der Waals surface area (Å²) in [6.45, 7) is 0. The van der Waals surface area contributed by atoms with Crippen LogP contribution >= 0.6 is 39.5 Å². The van der Waals surface area contributed by atoms with Gasteiger partial charge in [-0.05, 0) is 64.3 Å². The van der Waals surface area contributed by atoms with Crippen LogP contribution in [0.4, 0.5) is 5.69 Å². The molecule has 0 amide bonds. The molecule has 2 aromatic rings. The second-order valence-corrected chi connectivity index (χ2v) is 6.31. The fraction of sp³-hybridized carbons (Fsp3) is 0.0714. The summed E-state index contributed by atoms with van der Waals surface area (Å²) in [5.41, 5.74) is 0.908. The molecule has 0 aromatic heterocycles. The van der Waals surface area contributed by atoms with Gasteiger partial charge in [-0.2, -0.15) is 0 Å². The first-order chi connectivity index (χ1) is 9.15. The summed E-state index contributed by atoms with van der Waals surface area (Å²) in [5, 5.41) is 0.744. The first kappa shape index (κ1) is 14.4. The summed E-state index contributed by atoms with van der Waals surface area (Å²) < 4.78 is 2.93. The maximum Gasteiger partial charge on any atom is 0.101 e. The monoisotopic (exact) mass is 354 g/mol. The molecule has 0 radical (unpaired) electrons. The van der Waals surface area contributed by atoms with Gasteiger partial charge in [0.25, 0.3) is 0 Å². The Morgan fingerprint density at radius 1 is 1.16 bits per heavy atom. The van der Waals surface area contributed by atoms with Crippen molar-refractivity contribution in [2.24, 2.45) is 4.99 Å². The molecule has 0 saturated carbocycles. The minimum absolute atomic E-state index is 0.744. The zero-order valence-electron chi connectivity index (χ0n) is 10.3. The number of nitrogens with zero attached hydrogens (tertiary/aromatic N) is 2. The molecule has 0 aliphatic rings. The topological polar surface area (TPSA) is 15.6 Å². The molecule has 0 spiro atoms. The third kappa shape index (κ3) is 4.56. The number of benzene rings is 2.